The zero-order valence-electron chi connectivity index (χ0n) is 11.2. The Morgan fingerprint density at radius 3 is 2.29 bits per heavy atom. The van der Waals surface area contributed by atoms with E-state index in [2.05, 4.69) is 0 Å². The summed E-state index contributed by atoms with van der Waals surface area (Å²) < 4.78 is 25.9. The molecule has 0 unspecified atom stereocenters. The molecule has 21 heavy (non-hydrogen) atoms. The molecule has 0 aliphatic heterocycles. The van der Waals surface area contributed by atoms with Crippen LogP contribution in [-0.4, -0.2) is 26.5 Å². The number of nitrogens with two attached hydrogens (primary N) is 1. The number of aromatic carboxylic acids is 1. The molecule has 7 heteroatoms. The molecule has 0 aliphatic carbocycles. The van der Waals surface area contributed by atoms with Crippen LogP contribution in [0.25, 0.3) is 0 Å². The third-order valence-corrected chi connectivity index (χ3v) is 4.80. The van der Waals surface area contributed by atoms with Crippen molar-refractivity contribution < 1.29 is 18.3 Å². The fourth-order valence-corrected chi connectivity index (χ4v) is 3.10. The number of nitrogen functional groups attached to an aromatic ring is 1. The summed E-state index contributed by atoms with van der Waals surface area (Å²) in [6, 6.07) is 11.8. The topological polar surface area (TPSA) is 101 Å². The molecule has 0 saturated carbocycles. The SMILES string of the molecule is CN(c1ccc(C(=O)O)cc1N)S(=O)(=O)c1ccccc1. The number of carbonyl (C=O) groups is 1. The van der Waals surface area contributed by atoms with Crippen molar-refractivity contribution >= 4 is 27.4 Å². The Morgan fingerprint density at radius 2 is 1.76 bits per heavy atom. The lowest BCUT2D eigenvalue weighted by atomic mass is 10.2. The van der Waals surface area contributed by atoms with E-state index in [0.29, 0.717) is 0 Å². The van der Waals surface area contributed by atoms with E-state index in [0.717, 1.165) is 4.31 Å². The van der Waals surface area contributed by atoms with Gasteiger partial charge in [-0.1, -0.05) is 18.2 Å². The number of anilines is 2. The van der Waals surface area contributed by atoms with Gasteiger partial charge in [-0.15, -0.1) is 0 Å². The number of sulfonamides is 1. The second-order valence-corrected chi connectivity index (χ2v) is 6.33. The molecule has 0 heterocycles. The van der Waals surface area contributed by atoms with Gasteiger partial charge in [0.25, 0.3) is 10.0 Å². The lowest BCUT2D eigenvalue weighted by Crippen LogP contribution is -2.27. The number of rotatable bonds is 4. The minimum absolute atomic E-state index is 0.00163. The third kappa shape index (κ3) is 2.82. The number of hydrogen-bond acceptors (Lipinski definition) is 4. The van der Waals surface area contributed by atoms with Crippen molar-refractivity contribution in [1.82, 2.24) is 0 Å². The number of carboxylic acids is 1. The fourth-order valence-electron chi connectivity index (χ4n) is 1.85. The molecule has 0 saturated heterocycles. The third-order valence-electron chi connectivity index (χ3n) is 3.02. The van der Waals surface area contributed by atoms with Gasteiger partial charge in [0.1, 0.15) is 0 Å². The quantitative estimate of drug-likeness (QED) is 0.839. The minimum Gasteiger partial charge on any atom is -0.478 e. The highest BCUT2D eigenvalue weighted by Gasteiger charge is 2.22. The van der Waals surface area contributed by atoms with Crippen molar-refractivity contribution in [3.8, 4) is 0 Å². The maximum Gasteiger partial charge on any atom is 0.335 e. The molecule has 2 aromatic rings. The first-order valence-corrected chi connectivity index (χ1v) is 7.45. The molecule has 0 amide bonds. The average molecular weight is 306 g/mol. The monoisotopic (exact) mass is 306 g/mol. The van der Waals surface area contributed by atoms with Gasteiger partial charge in [-0.25, -0.2) is 13.2 Å². The second kappa shape index (κ2) is 5.45. The van der Waals surface area contributed by atoms with Gasteiger partial charge in [0.05, 0.1) is 21.8 Å². The lowest BCUT2D eigenvalue weighted by molar-refractivity contribution is 0.0697. The summed E-state index contributed by atoms with van der Waals surface area (Å²) in [6.07, 6.45) is 0. The fraction of sp³-hybridized carbons (Fsp3) is 0.0714. The minimum atomic E-state index is -3.74. The van der Waals surface area contributed by atoms with Crippen molar-refractivity contribution in [1.29, 1.82) is 0 Å². The normalized spacial score (nSPS) is 11.1. The summed E-state index contributed by atoms with van der Waals surface area (Å²) in [7, 11) is -2.37. The van der Waals surface area contributed by atoms with Gasteiger partial charge in [0.2, 0.25) is 0 Å². The van der Waals surface area contributed by atoms with Crippen LogP contribution in [-0.2, 0) is 10.0 Å². The largest absolute Gasteiger partial charge is 0.478 e. The Balaban J connectivity index is 2.45. The van der Waals surface area contributed by atoms with E-state index in [9.17, 15) is 13.2 Å². The molecule has 2 rings (SSSR count). The average Bonchev–Trinajstić information content (AvgIpc) is 2.47. The molecule has 6 nitrogen and oxygen atoms in total. The van der Waals surface area contributed by atoms with Crippen molar-refractivity contribution in [2.45, 2.75) is 4.90 Å². The zero-order chi connectivity index (χ0) is 15.6. The van der Waals surface area contributed by atoms with E-state index < -0.39 is 16.0 Å². The Labute approximate surface area is 122 Å². The van der Waals surface area contributed by atoms with Crippen molar-refractivity contribution in [3.05, 3.63) is 54.1 Å². The van der Waals surface area contributed by atoms with Crippen LogP contribution in [0, 0.1) is 0 Å². The zero-order valence-corrected chi connectivity index (χ0v) is 12.0. The highest BCUT2D eigenvalue weighted by molar-refractivity contribution is 7.92. The predicted octanol–water partition coefficient (Wildman–Crippen LogP) is 1.79. The summed E-state index contributed by atoms with van der Waals surface area (Å²) in [5.74, 6) is -1.12. The Hall–Kier alpha value is -2.54. The van der Waals surface area contributed by atoms with Gasteiger partial charge in [0, 0.05) is 7.05 Å². The van der Waals surface area contributed by atoms with Crippen molar-refractivity contribution in [2.75, 3.05) is 17.1 Å². The van der Waals surface area contributed by atoms with E-state index in [1.54, 1.807) is 18.2 Å². The van der Waals surface area contributed by atoms with E-state index in [1.165, 1.54) is 37.4 Å². The summed E-state index contributed by atoms with van der Waals surface area (Å²) in [5.41, 5.74) is 6.07. The first-order valence-electron chi connectivity index (χ1n) is 6.01. The molecular formula is C14H14N2O4S. The smallest absolute Gasteiger partial charge is 0.335 e. The standard InChI is InChI=1S/C14H14N2O4S/c1-16(21(19,20)11-5-3-2-4-6-11)13-8-7-10(14(17)18)9-12(13)15/h2-9H,15H2,1H3,(H,17,18). The first kappa shape index (κ1) is 14.9. The maximum absolute atomic E-state index is 12.5. The Bertz CT molecular complexity index is 773. The van der Waals surface area contributed by atoms with Gasteiger partial charge in [0.15, 0.2) is 0 Å². The maximum atomic E-state index is 12.5. The molecule has 110 valence electrons. The molecule has 0 fully saturated rings. The van der Waals surface area contributed by atoms with Gasteiger partial charge < -0.3 is 10.8 Å². The Morgan fingerprint density at radius 1 is 1.14 bits per heavy atom. The first-order chi connectivity index (χ1) is 9.84. The molecule has 2 aromatic carbocycles. The molecule has 0 radical (unpaired) electrons. The summed E-state index contributed by atoms with van der Waals surface area (Å²) in [4.78, 5) is 11.0. The molecule has 0 bridgehead atoms. The van der Waals surface area contributed by atoms with Crippen LogP contribution in [0.4, 0.5) is 11.4 Å². The number of benzene rings is 2. The van der Waals surface area contributed by atoms with E-state index in [-0.39, 0.29) is 21.8 Å². The molecule has 0 aromatic heterocycles. The van der Waals surface area contributed by atoms with Crippen LogP contribution in [0.2, 0.25) is 0 Å². The van der Waals surface area contributed by atoms with Gasteiger partial charge in [-0.3, -0.25) is 4.31 Å². The van der Waals surface area contributed by atoms with E-state index >= 15 is 0 Å². The lowest BCUT2D eigenvalue weighted by Gasteiger charge is -2.21. The molecule has 0 atom stereocenters. The van der Waals surface area contributed by atoms with Crippen LogP contribution >= 0.6 is 0 Å². The summed E-state index contributed by atoms with van der Waals surface area (Å²) in [6.45, 7) is 0. The van der Waals surface area contributed by atoms with Crippen LogP contribution in [0.5, 0.6) is 0 Å². The second-order valence-electron chi connectivity index (χ2n) is 4.36. The van der Waals surface area contributed by atoms with E-state index in [4.69, 9.17) is 10.8 Å². The number of carboxylic acid groups (broad SMARTS) is 1. The highest BCUT2D eigenvalue weighted by atomic mass is 32.2. The van der Waals surface area contributed by atoms with Crippen LogP contribution < -0.4 is 10.0 Å². The van der Waals surface area contributed by atoms with Crippen molar-refractivity contribution in [2.24, 2.45) is 0 Å². The summed E-state index contributed by atoms with van der Waals surface area (Å²) >= 11 is 0. The van der Waals surface area contributed by atoms with Crippen LogP contribution in [0.1, 0.15) is 10.4 Å². The van der Waals surface area contributed by atoms with E-state index in [1.807, 2.05) is 0 Å². The molecule has 3 N–H and O–H groups in total. The van der Waals surface area contributed by atoms with Crippen LogP contribution in [0.15, 0.2) is 53.4 Å². The van der Waals surface area contributed by atoms with Crippen molar-refractivity contribution in [3.63, 3.8) is 0 Å². The number of nitrogens with zero attached hydrogens (tertiary/aromatic N) is 1. The molecular weight excluding hydrogens is 292 g/mol. The molecule has 0 spiro atoms. The van der Waals surface area contributed by atoms with Crippen LogP contribution in [0.3, 0.4) is 0 Å². The van der Waals surface area contributed by atoms with Gasteiger partial charge >= 0.3 is 5.97 Å². The predicted molar refractivity (Wildman–Crippen MR) is 79.8 cm³/mol. The number of hydrogen-bond donors (Lipinski definition) is 2. The van der Waals surface area contributed by atoms with Gasteiger partial charge in [-0.05, 0) is 30.3 Å². The molecule has 0 aliphatic rings. The highest BCUT2D eigenvalue weighted by Crippen LogP contribution is 2.28. The van der Waals surface area contributed by atoms with Gasteiger partial charge in [-0.2, -0.15) is 0 Å². The Kier molecular flexibility index (Phi) is 3.86. The summed E-state index contributed by atoms with van der Waals surface area (Å²) in [5, 5.41) is 8.89.